The highest BCUT2D eigenvalue weighted by Gasteiger charge is 2.07. The summed E-state index contributed by atoms with van der Waals surface area (Å²) in [6.45, 7) is 8.86. The molecule has 0 aliphatic carbocycles. The minimum absolute atomic E-state index is 0.427. The molecule has 0 saturated carbocycles. The molecule has 0 saturated heterocycles. The molecule has 0 fully saturated rings. The van der Waals surface area contributed by atoms with E-state index in [0.29, 0.717) is 11.6 Å². The Balaban J connectivity index is 2.19. The van der Waals surface area contributed by atoms with Gasteiger partial charge in [-0.15, -0.1) is 0 Å². The Morgan fingerprint density at radius 1 is 1.00 bits per heavy atom. The van der Waals surface area contributed by atoms with E-state index in [1.165, 1.54) is 16.7 Å². The summed E-state index contributed by atoms with van der Waals surface area (Å²) in [6, 6.07) is 10.3. The zero-order chi connectivity index (χ0) is 15.6. The molecular weight excluding hydrogens is 278 g/mol. The first kappa shape index (κ1) is 15.5. The summed E-state index contributed by atoms with van der Waals surface area (Å²) in [4.78, 5) is 0.427. The topological polar surface area (TPSA) is 35.2 Å². The van der Waals surface area contributed by atoms with E-state index in [-0.39, 0.29) is 0 Å². The number of hydrogen-bond donors (Lipinski definition) is 1. The average molecular weight is 299 g/mol. The summed E-state index contributed by atoms with van der Waals surface area (Å²) in [7, 11) is 0. The quantitative estimate of drug-likeness (QED) is 0.862. The Morgan fingerprint density at radius 3 is 2.14 bits per heavy atom. The Hall–Kier alpha value is -1.87. The van der Waals surface area contributed by atoms with Gasteiger partial charge in [-0.3, -0.25) is 0 Å². The van der Waals surface area contributed by atoms with E-state index in [2.05, 4.69) is 39.8 Å². The third-order valence-electron chi connectivity index (χ3n) is 3.60. The molecule has 2 aromatic carbocycles. The SMILES string of the molecule is Cc1cc(C)c(OCc2ccc(C(N)=S)cc2C)c(C)c1. The van der Waals surface area contributed by atoms with Crippen LogP contribution >= 0.6 is 12.2 Å². The first-order valence-corrected chi connectivity index (χ1v) is 7.39. The fourth-order valence-electron chi connectivity index (χ4n) is 2.56. The monoisotopic (exact) mass is 299 g/mol. The summed E-state index contributed by atoms with van der Waals surface area (Å²) in [5.41, 5.74) is 12.4. The number of nitrogens with two attached hydrogens (primary N) is 1. The Labute approximate surface area is 131 Å². The van der Waals surface area contributed by atoms with Gasteiger partial charge >= 0.3 is 0 Å². The van der Waals surface area contributed by atoms with E-state index in [9.17, 15) is 0 Å². The number of ether oxygens (including phenoxy) is 1. The molecular formula is C18H21NOS. The van der Waals surface area contributed by atoms with Crippen molar-refractivity contribution in [1.82, 2.24) is 0 Å². The second-order valence-corrected chi connectivity index (χ2v) is 5.96. The first-order chi connectivity index (χ1) is 9.88. The van der Waals surface area contributed by atoms with Crippen LogP contribution in [-0.4, -0.2) is 4.99 Å². The summed E-state index contributed by atoms with van der Waals surface area (Å²) in [6.07, 6.45) is 0. The summed E-state index contributed by atoms with van der Waals surface area (Å²) in [5.74, 6) is 0.971. The molecule has 0 heterocycles. The standard InChI is InChI=1S/C18H21NOS/c1-11-7-13(3)17(14(4)8-11)20-10-16-6-5-15(18(19)21)9-12(16)2/h5-9H,10H2,1-4H3,(H2,19,21). The largest absolute Gasteiger partial charge is 0.488 e. The zero-order valence-corrected chi connectivity index (χ0v) is 13.8. The third-order valence-corrected chi connectivity index (χ3v) is 3.84. The van der Waals surface area contributed by atoms with Crippen LogP contribution in [0.1, 0.15) is 33.4 Å². The van der Waals surface area contributed by atoms with E-state index >= 15 is 0 Å². The van der Waals surface area contributed by atoms with Gasteiger partial charge in [0.05, 0.1) is 0 Å². The lowest BCUT2D eigenvalue weighted by Crippen LogP contribution is -2.10. The van der Waals surface area contributed by atoms with E-state index in [4.69, 9.17) is 22.7 Å². The molecule has 2 N–H and O–H groups in total. The lowest BCUT2D eigenvalue weighted by molar-refractivity contribution is 0.301. The molecule has 0 aromatic heterocycles. The molecule has 0 bridgehead atoms. The molecule has 0 aliphatic rings. The van der Waals surface area contributed by atoms with E-state index in [1.54, 1.807) is 0 Å². The van der Waals surface area contributed by atoms with Crippen molar-refractivity contribution in [2.24, 2.45) is 5.73 Å². The van der Waals surface area contributed by atoms with Gasteiger partial charge in [0.1, 0.15) is 17.3 Å². The van der Waals surface area contributed by atoms with Gasteiger partial charge in [-0.05, 0) is 56.0 Å². The van der Waals surface area contributed by atoms with Gasteiger partial charge in [-0.1, -0.05) is 42.0 Å². The van der Waals surface area contributed by atoms with Crippen LogP contribution in [0, 0.1) is 27.7 Å². The number of aryl methyl sites for hydroxylation is 4. The van der Waals surface area contributed by atoms with Gasteiger partial charge in [-0.25, -0.2) is 0 Å². The second-order valence-electron chi connectivity index (χ2n) is 5.52. The number of rotatable bonds is 4. The molecule has 3 heteroatoms. The molecule has 0 aliphatic heterocycles. The van der Waals surface area contributed by atoms with Gasteiger partial charge in [0, 0.05) is 5.56 Å². The molecule has 21 heavy (non-hydrogen) atoms. The van der Waals surface area contributed by atoms with Crippen LogP contribution in [0.25, 0.3) is 0 Å². The fourth-order valence-corrected chi connectivity index (χ4v) is 2.68. The van der Waals surface area contributed by atoms with Crippen molar-refractivity contribution < 1.29 is 4.74 Å². The minimum Gasteiger partial charge on any atom is -0.488 e. The van der Waals surface area contributed by atoms with Crippen LogP contribution in [0.2, 0.25) is 0 Å². The van der Waals surface area contributed by atoms with Crippen LogP contribution in [0.15, 0.2) is 30.3 Å². The maximum Gasteiger partial charge on any atom is 0.125 e. The normalized spacial score (nSPS) is 10.5. The Kier molecular flexibility index (Phi) is 4.63. The summed E-state index contributed by atoms with van der Waals surface area (Å²) >= 11 is 5.00. The van der Waals surface area contributed by atoms with Crippen molar-refractivity contribution in [1.29, 1.82) is 0 Å². The predicted octanol–water partition coefficient (Wildman–Crippen LogP) is 4.13. The molecule has 0 unspecified atom stereocenters. The van der Waals surface area contributed by atoms with E-state index in [1.807, 2.05) is 18.2 Å². The highest BCUT2D eigenvalue weighted by atomic mass is 32.1. The molecule has 0 radical (unpaired) electrons. The van der Waals surface area contributed by atoms with Gasteiger partial charge in [0.25, 0.3) is 0 Å². The molecule has 2 nitrogen and oxygen atoms in total. The molecule has 110 valence electrons. The van der Waals surface area contributed by atoms with Crippen molar-refractivity contribution in [2.75, 3.05) is 0 Å². The van der Waals surface area contributed by atoms with Crippen LogP contribution < -0.4 is 10.5 Å². The van der Waals surface area contributed by atoms with Crippen LogP contribution in [0.3, 0.4) is 0 Å². The highest BCUT2D eigenvalue weighted by Crippen LogP contribution is 2.26. The second kappa shape index (κ2) is 6.27. The molecule has 2 aromatic rings. The lowest BCUT2D eigenvalue weighted by Gasteiger charge is -2.14. The van der Waals surface area contributed by atoms with Crippen molar-refractivity contribution >= 4 is 17.2 Å². The fraction of sp³-hybridized carbons (Fsp3) is 0.278. The van der Waals surface area contributed by atoms with Gasteiger partial charge in [0.2, 0.25) is 0 Å². The van der Waals surface area contributed by atoms with Gasteiger partial charge < -0.3 is 10.5 Å². The number of benzene rings is 2. The zero-order valence-electron chi connectivity index (χ0n) is 13.0. The van der Waals surface area contributed by atoms with E-state index < -0.39 is 0 Å². The van der Waals surface area contributed by atoms with E-state index in [0.717, 1.165) is 22.4 Å². The predicted molar refractivity (Wildman–Crippen MR) is 92.1 cm³/mol. The van der Waals surface area contributed by atoms with Gasteiger partial charge in [0.15, 0.2) is 0 Å². The maximum atomic E-state index is 6.03. The minimum atomic E-state index is 0.427. The van der Waals surface area contributed by atoms with Crippen LogP contribution in [-0.2, 0) is 6.61 Å². The molecule has 2 rings (SSSR count). The van der Waals surface area contributed by atoms with Crippen LogP contribution in [0.4, 0.5) is 0 Å². The molecule has 0 amide bonds. The van der Waals surface area contributed by atoms with Crippen molar-refractivity contribution in [3.63, 3.8) is 0 Å². The average Bonchev–Trinajstić information content (AvgIpc) is 2.38. The third kappa shape index (κ3) is 3.61. The van der Waals surface area contributed by atoms with Crippen LogP contribution in [0.5, 0.6) is 5.75 Å². The first-order valence-electron chi connectivity index (χ1n) is 6.98. The summed E-state index contributed by atoms with van der Waals surface area (Å²) < 4.78 is 6.03. The Morgan fingerprint density at radius 2 is 1.62 bits per heavy atom. The lowest BCUT2D eigenvalue weighted by atomic mass is 10.0. The summed E-state index contributed by atoms with van der Waals surface area (Å²) in [5, 5.41) is 0. The van der Waals surface area contributed by atoms with Crippen molar-refractivity contribution in [3.05, 3.63) is 63.7 Å². The maximum absolute atomic E-state index is 6.03. The number of hydrogen-bond acceptors (Lipinski definition) is 2. The Bertz CT molecular complexity index is 669. The molecule has 0 atom stereocenters. The highest BCUT2D eigenvalue weighted by molar-refractivity contribution is 7.80. The smallest absolute Gasteiger partial charge is 0.125 e. The van der Waals surface area contributed by atoms with Crippen molar-refractivity contribution in [3.8, 4) is 5.75 Å². The number of thiocarbonyl (C=S) groups is 1. The van der Waals surface area contributed by atoms with Gasteiger partial charge in [-0.2, -0.15) is 0 Å². The molecule has 0 spiro atoms. The van der Waals surface area contributed by atoms with Crippen molar-refractivity contribution in [2.45, 2.75) is 34.3 Å².